The van der Waals surface area contributed by atoms with Crippen molar-refractivity contribution in [1.29, 1.82) is 0 Å². The summed E-state index contributed by atoms with van der Waals surface area (Å²) in [4.78, 5) is 21.8. The van der Waals surface area contributed by atoms with Crippen molar-refractivity contribution in [1.82, 2.24) is 5.32 Å². The molecular weight excluding hydrogens is 275 g/mol. The summed E-state index contributed by atoms with van der Waals surface area (Å²) in [5.41, 5.74) is -0.483. The number of amides is 1. The van der Waals surface area contributed by atoms with E-state index in [4.69, 9.17) is 0 Å². The Hall–Kier alpha value is -1.98. The van der Waals surface area contributed by atoms with Crippen LogP contribution in [0, 0.1) is 33.7 Å². The molecule has 2 aliphatic rings. The monoisotopic (exact) mass is 292 g/mol. The van der Waals surface area contributed by atoms with Crippen molar-refractivity contribution in [3.63, 3.8) is 0 Å². The second kappa shape index (κ2) is 5.42. The molecule has 0 saturated heterocycles. The van der Waals surface area contributed by atoms with Gasteiger partial charge < -0.3 is 5.32 Å². The number of nitrogens with zero attached hydrogens (tertiary/aromatic N) is 1. The van der Waals surface area contributed by atoms with Gasteiger partial charge in [0.1, 0.15) is 0 Å². The molecule has 6 heteroatoms. The van der Waals surface area contributed by atoms with Gasteiger partial charge in [-0.1, -0.05) is 0 Å². The van der Waals surface area contributed by atoms with E-state index in [1.54, 1.807) is 0 Å². The molecule has 112 valence electrons. The van der Waals surface area contributed by atoms with Gasteiger partial charge in [-0.2, -0.15) is 4.39 Å². The highest BCUT2D eigenvalue weighted by atomic mass is 19.1. The lowest BCUT2D eigenvalue weighted by atomic mass is 9.98. The first kappa shape index (κ1) is 14.0. The van der Waals surface area contributed by atoms with Crippen LogP contribution in [0.25, 0.3) is 0 Å². The standard InChI is InChI=1S/C15H17FN2O3/c16-13-7-11(5-6-14(13)18(20)21)15(19)17-8-12(9-1-2-9)10-3-4-10/h5-7,9-10,12H,1-4,8H2,(H,17,19). The summed E-state index contributed by atoms with van der Waals surface area (Å²) in [6, 6.07) is 3.25. The van der Waals surface area contributed by atoms with E-state index in [9.17, 15) is 19.3 Å². The average molecular weight is 292 g/mol. The number of nitro groups is 1. The Bertz CT molecular complexity index is 570. The molecule has 2 saturated carbocycles. The molecule has 0 heterocycles. The topological polar surface area (TPSA) is 72.2 Å². The minimum absolute atomic E-state index is 0.128. The van der Waals surface area contributed by atoms with Crippen LogP contribution in [0.3, 0.4) is 0 Å². The number of nitro benzene ring substituents is 1. The van der Waals surface area contributed by atoms with Crippen LogP contribution >= 0.6 is 0 Å². The zero-order chi connectivity index (χ0) is 15.0. The van der Waals surface area contributed by atoms with E-state index in [1.807, 2.05) is 0 Å². The molecule has 0 spiro atoms. The molecule has 0 aromatic heterocycles. The third-order valence-corrected chi connectivity index (χ3v) is 4.36. The number of hydrogen-bond donors (Lipinski definition) is 1. The van der Waals surface area contributed by atoms with Crippen molar-refractivity contribution >= 4 is 11.6 Å². The maximum absolute atomic E-state index is 13.5. The maximum Gasteiger partial charge on any atom is 0.304 e. The largest absolute Gasteiger partial charge is 0.352 e. The third-order valence-electron chi connectivity index (χ3n) is 4.36. The van der Waals surface area contributed by atoms with Crippen molar-refractivity contribution in [2.75, 3.05) is 6.54 Å². The Morgan fingerprint density at radius 3 is 2.43 bits per heavy atom. The van der Waals surface area contributed by atoms with E-state index in [-0.39, 0.29) is 11.5 Å². The lowest BCUT2D eigenvalue weighted by molar-refractivity contribution is -0.387. The third kappa shape index (κ3) is 3.20. The van der Waals surface area contributed by atoms with E-state index in [0.29, 0.717) is 12.5 Å². The number of carbonyl (C=O) groups excluding carboxylic acids is 1. The predicted octanol–water partition coefficient (Wildman–Crippen LogP) is 2.90. The van der Waals surface area contributed by atoms with Gasteiger partial charge in [-0.15, -0.1) is 0 Å². The van der Waals surface area contributed by atoms with Crippen LogP contribution < -0.4 is 5.32 Å². The zero-order valence-electron chi connectivity index (χ0n) is 11.5. The molecule has 2 fully saturated rings. The Labute approximate surface area is 121 Å². The molecule has 1 aromatic carbocycles. The predicted molar refractivity (Wildman–Crippen MR) is 74.3 cm³/mol. The first-order valence-electron chi connectivity index (χ1n) is 7.28. The van der Waals surface area contributed by atoms with Crippen LogP contribution in [-0.4, -0.2) is 17.4 Å². The van der Waals surface area contributed by atoms with Gasteiger partial charge >= 0.3 is 5.69 Å². The van der Waals surface area contributed by atoms with Gasteiger partial charge in [0, 0.05) is 18.2 Å². The van der Waals surface area contributed by atoms with E-state index in [2.05, 4.69) is 5.32 Å². The van der Waals surface area contributed by atoms with Gasteiger partial charge in [0.05, 0.1) is 4.92 Å². The van der Waals surface area contributed by atoms with Crippen molar-refractivity contribution < 1.29 is 14.1 Å². The Morgan fingerprint density at radius 2 is 1.95 bits per heavy atom. The zero-order valence-corrected chi connectivity index (χ0v) is 11.5. The Kier molecular flexibility index (Phi) is 3.61. The van der Waals surface area contributed by atoms with Crippen LogP contribution in [0.15, 0.2) is 18.2 Å². The molecule has 0 radical (unpaired) electrons. The van der Waals surface area contributed by atoms with Gasteiger partial charge in [0.2, 0.25) is 5.82 Å². The van der Waals surface area contributed by atoms with Gasteiger partial charge in [0.15, 0.2) is 0 Å². The quantitative estimate of drug-likeness (QED) is 0.647. The summed E-state index contributed by atoms with van der Waals surface area (Å²) in [6.45, 7) is 0.618. The number of benzene rings is 1. The van der Waals surface area contributed by atoms with Crippen molar-refractivity contribution in [2.45, 2.75) is 25.7 Å². The Morgan fingerprint density at radius 1 is 1.33 bits per heavy atom. The van der Waals surface area contributed by atoms with Crippen molar-refractivity contribution in [3.8, 4) is 0 Å². The SMILES string of the molecule is O=C(NCC(C1CC1)C1CC1)c1ccc([N+](=O)[O-])c(F)c1. The van der Waals surface area contributed by atoms with Crippen molar-refractivity contribution in [3.05, 3.63) is 39.7 Å². The van der Waals surface area contributed by atoms with Gasteiger partial charge in [-0.3, -0.25) is 14.9 Å². The molecule has 1 N–H and O–H groups in total. The molecule has 0 bridgehead atoms. The van der Waals surface area contributed by atoms with E-state index < -0.39 is 16.4 Å². The summed E-state index contributed by atoms with van der Waals surface area (Å²) in [6.07, 6.45) is 4.96. The number of halogens is 1. The smallest absolute Gasteiger partial charge is 0.304 e. The molecule has 21 heavy (non-hydrogen) atoms. The first-order valence-corrected chi connectivity index (χ1v) is 7.28. The minimum Gasteiger partial charge on any atom is -0.352 e. The molecule has 0 unspecified atom stereocenters. The van der Waals surface area contributed by atoms with Gasteiger partial charge in [-0.25, -0.2) is 0 Å². The van der Waals surface area contributed by atoms with Crippen LogP contribution in [0.1, 0.15) is 36.0 Å². The normalized spacial score (nSPS) is 17.8. The molecule has 2 aliphatic carbocycles. The number of rotatable bonds is 6. The first-order chi connectivity index (χ1) is 10.1. The van der Waals surface area contributed by atoms with Crippen LogP contribution in [0.4, 0.5) is 10.1 Å². The Balaban J connectivity index is 1.62. The lowest BCUT2D eigenvalue weighted by Crippen LogP contribution is -2.31. The van der Waals surface area contributed by atoms with E-state index >= 15 is 0 Å². The fourth-order valence-corrected chi connectivity index (χ4v) is 2.88. The summed E-state index contributed by atoms with van der Waals surface area (Å²) >= 11 is 0. The van der Waals surface area contributed by atoms with E-state index in [0.717, 1.165) is 24.0 Å². The summed E-state index contributed by atoms with van der Waals surface area (Å²) in [5.74, 6) is 0.651. The number of hydrogen-bond acceptors (Lipinski definition) is 3. The molecule has 1 aromatic rings. The fourth-order valence-electron chi connectivity index (χ4n) is 2.88. The minimum atomic E-state index is -0.978. The molecule has 1 amide bonds. The van der Waals surface area contributed by atoms with Crippen LogP contribution in [0.5, 0.6) is 0 Å². The van der Waals surface area contributed by atoms with Crippen molar-refractivity contribution in [2.24, 2.45) is 17.8 Å². The average Bonchev–Trinajstić information content (AvgIpc) is 3.31. The summed E-state index contributed by atoms with van der Waals surface area (Å²) < 4.78 is 13.5. The summed E-state index contributed by atoms with van der Waals surface area (Å²) in [7, 11) is 0. The number of carbonyl (C=O) groups is 1. The fraction of sp³-hybridized carbons (Fsp3) is 0.533. The van der Waals surface area contributed by atoms with Gasteiger partial charge in [0.25, 0.3) is 5.91 Å². The maximum atomic E-state index is 13.5. The highest BCUT2D eigenvalue weighted by molar-refractivity contribution is 5.94. The molecule has 0 aliphatic heterocycles. The molecule has 5 nitrogen and oxygen atoms in total. The molecular formula is C15H17FN2O3. The second-order valence-electron chi connectivity index (χ2n) is 5.97. The molecule has 3 rings (SSSR count). The second-order valence-corrected chi connectivity index (χ2v) is 5.97. The van der Waals surface area contributed by atoms with Crippen LogP contribution in [-0.2, 0) is 0 Å². The van der Waals surface area contributed by atoms with Gasteiger partial charge in [-0.05, 0) is 55.6 Å². The number of nitrogens with one attached hydrogen (secondary N) is 1. The summed E-state index contributed by atoms with van der Waals surface area (Å²) in [5, 5.41) is 13.4. The molecule has 0 atom stereocenters. The highest BCUT2D eigenvalue weighted by Gasteiger charge is 2.41. The van der Waals surface area contributed by atoms with Crippen LogP contribution in [0.2, 0.25) is 0 Å². The van der Waals surface area contributed by atoms with E-state index in [1.165, 1.54) is 31.7 Å². The lowest BCUT2D eigenvalue weighted by Gasteiger charge is -2.16. The highest BCUT2D eigenvalue weighted by Crippen LogP contribution is 2.48.